The molecule has 106 valence electrons. The third kappa shape index (κ3) is 5.47. The minimum atomic E-state index is -0.610. The van der Waals surface area contributed by atoms with Crippen LogP contribution in [0.25, 0.3) is 0 Å². The first kappa shape index (κ1) is 15.1. The number of nitrogens with two attached hydrogens (primary N) is 1. The normalized spacial score (nSPS) is 10.4. The quantitative estimate of drug-likeness (QED) is 0.397. The Morgan fingerprint density at radius 2 is 2.21 bits per heavy atom. The van der Waals surface area contributed by atoms with E-state index in [0.717, 1.165) is 32.1 Å². The van der Waals surface area contributed by atoms with Gasteiger partial charge in [0.05, 0.1) is 4.92 Å². The van der Waals surface area contributed by atoms with Crippen molar-refractivity contribution in [2.24, 2.45) is 0 Å². The highest BCUT2D eigenvalue weighted by molar-refractivity contribution is 5.53. The summed E-state index contributed by atoms with van der Waals surface area (Å²) in [6.07, 6.45) is 4.09. The first-order valence-corrected chi connectivity index (χ1v) is 6.23. The Hall–Kier alpha value is -1.96. The van der Waals surface area contributed by atoms with Crippen molar-refractivity contribution in [3.8, 4) is 0 Å². The van der Waals surface area contributed by atoms with Crippen LogP contribution in [0.5, 0.6) is 0 Å². The van der Waals surface area contributed by atoms with Gasteiger partial charge < -0.3 is 15.8 Å². The summed E-state index contributed by atoms with van der Waals surface area (Å²) in [6, 6.07) is 0. The molecule has 0 spiro atoms. The topological polar surface area (TPSA) is 116 Å². The molecule has 1 aromatic heterocycles. The Labute approximate surface area is 111 Å². The molecule has 0 saturated heterocycles. The molecule has 1 rings (SSSR count). The van der Waals surface area contributed by atoms with E-state index in [2.05, 4.69) is 22.2 Å². The minimum Gasteiger partial charge on any atom is -0.381 e. The van der Waals surface area contributed by atoms with Gasteiger partial charge >= 0.3 is 5.69 Å². The number of hydrogen-bond donors (Lipinski definition) is 2. The molecule has 0 aliphatic rings. The SMILES string of the molecule is CCCCOCCCNc1ncc([N+](=O)[O-])c(N)n1. The van der Waals surface area contributed by atoms with Crippen LogP contribution >= 0.6 is 0 Å². The molecule has 0 bridgehead atoms. The number of nitro groups is 1. The van der Waals surface area contributed by atoms with Crippen molar-refractivity contribution in [2.45, 2.75) is 26.2 Å². The molecule has 0 aromatic carbocycles. The minimum absolute atomic E-state index is 0.137. The molecule has 0 amide bonds. The molecule has 0 fully saturated rings. The second-order valence-corrected chi connectivity index (χ2v) is 3.97. The van der Waals surface area contributed by atoms with E-state index in [1.807, 2.05) is 0 Å². The number of hydrogen-bond acceptors (Lipinski definition) is 7. The van der Waals surface area contributed by atoms with Gasteiger partial charge in [0.1, 0.15) is 6.20 Å². The van der Waals surface area contributed by atoms with Gasteiger partial charge in [-0.3, -0.25) is 10.1 Å². The Morgan fingerprint density at radius 3 is 2.84 bits per heavy atom. The molecule has 3 N–H and O–H groups in total. The van der Waals surface area contributed by atoms with Crippen molar-refractivity contribution in [1.29, 1.82) is 0 Å². The Kier molecular flexibility index (Phi) is 6.51. The van der Waals surface area contributed by atoms with E-state index in [-0.39, 0.29) is 17.5 Å². The highest BCUT2D eigenvalue weighted by Gasteiger charge is 2.13. The number of rotatable bonds is 9. The molecular formula is C11H19N5O3. The summed E-state index contributed by atoms with van der Waals surface area (Å²) in [5, 5.41) is 13.5. The van der Waals surface area contributed by atoms with Crippen LogP contribution in [0, 0.1) is 10.1 Å². The van der Waals surface area contributed by atoms with Gasteiger partial charge in [-0.2, -0.15) is 4.98 Å². The highest BCUT2D eigenvalue weighted by atomic mass is 16.6. The maximum atomic E-state index is 10.5. The third-order valence-electron chi connectivity index (χ3n) is 2.39. The van der Waals surface area contributed by atoms with Gasteiger partial charge in [-0.1, -0.05) is 13.3 Å². The molecule has 0 aliphatic carbocycles. The van der Waals surface area contributed by atoms with E-state index in [4.69, 9.17) is 10.5 Å². The smallest absolute Gasteiger partial charge is 0.329 e. The predicted octanol–water partition coefficient (Wildman–Crippen LogP) is 1.59. The maximum absolute atomic E-state index is 10.5. The maximum Gasteiger partial charge on any atom is 0.329 e. The summed E-state index contributed by atoms with van der Waals surface area (Å²) in [7, 11) is 0. The zero-order valence-electron chi connectivity index (χ0n) is 11.0. The largest absolute Gasteiger partial charge is 0.381 e. The molecule has 0 atom stereocenters. The Bertz CT molecular complexity index is 413. The molecular weight excluding hydrogens is 250 g/mol. The first-order valence-electron chi connectivity index (χ1n) is 6.23. The van der Waals surface area contributed by atoms with E-state index in [9.17, 15) is 10.1 Å². The summed E-state index contributed by atoms with van der Waals surface area (Å²) < 4.78 is 5.39. The molecule has 19 heavy (non-hydrogen) atoms. The van der Waals surface area contributed by atoms with Crippen molar-refractivity contribution < 1.29 is 9.66 Å². The number of ether oxygens (including phenoxy) is 1. The number of unbranched alkanes of at least 4 members (excludes halogenated alkanes) is 1. The summed E-state index contributed by atoms with van der Waals surface area (Å²) in [5.74, 6) is 0.151. The van der Waals surface area contributed by atoms with Gasteiger partial charge in [-0.05, 0) is 12.8 Å². The molecule has 8 nitrogen and oxygen atoms in total. The zero-order chi connectivity index (χ0) is 14.1. The first-order chi connectivity index (χ1) is 9.15. The van der Waals surface area contributed by atoms with Gasteiger partial charge in [-0.15, -0.1) is 0 Å². The van der Waals surface area contributed by atoms with E-state index < -0.39 is 4.92 Å². The Morgan fingerprint density at radius 1 is 1.47 bits per heavy atom. The number of nitrogens with zero attached hydrogens (tertiary/aromatic N) is 3. The summed E-state index contributed by atoms with van der Waals surface area (Å²) in [6.45, 7) is 4.18. The molecule has 1 aromatic rings. The molecule has 0 unspecified atom stereocenters. The predicted molar refractivity (Wildman–Crippen MR) is 71.9 cm³/mol. The van der Waals surface area contributed by atoms with Crippen LogP contribution in [0.3, 0.4) is 0 Å². The highest BCUT2D eigenvalue weighted by Crippen LogP contribution is 2.17. The van der Waals surface area contributed by atoms with Gasteiger partial charge in [0.25, 0.3) is 0 Å². The van der Waals surface area contributed by atoms with Crippen molar-refractivity contribution in [1.82, 2.24) is 9.97 Å². The van der Waals surface area contributed by atoms with Crippen LogP contribution in [0.4, 0.5) is 17.5 Å². The summed E-state index contributed by atoms with van der Waals surface area (Å²) in [5.41, 5.74) is 5.17. The fourth-order valence-corrected chi connectivity index (χ4v) is 1.34. The van der Waals surface area contributed by atoms with Gasteiger partial charge in [0.15, 0.2) is 0 Å². The van der Waals surface area contributed by atoms with E-state index in [1.165, 1.54) is 0 Å². The monoisotopic (exact) mass is 269 g/mol. The zero-order valence-corrected chi connectivity index (χ0v) is 11.0. The Balaban J connectivity index is 2.26. The van der Waals surface area contributed by atoms with Crippen molar-refractivity contribution >= 4 is 17.5 Å². The van der Waals surface area contributed by atoms with E-state index >= 15 is 0 Å². The number of anilines is 2. The fraction of sp³-hybridized carbons (Fsp3) is 0.636. The van der Waals surface area contributed by atoms with Crippen LogP contribution in [-0.4, -0.2) is 34.6 Å². The van der Waals surface area contributed by atoms with Gasteiger partial charge in [-0.25, -0.2) is 4.98 Å². The lowest BCUT2D eigenvalue weighted by Gasteiger charge is -2.06. The van der Waals surface area contributed by atoms with E-state index in [1.54, 1.807) is 0 Å². The lowest BCUT2D eigenvalue weighted by molar-refractivity contribution is -0.384. The fourth-order valence-electron chi connectivity index (χ4n) is 1.34. The van der Waals surface area contributed by atoms with Crippen LogP contribution in [0.2, 0.25) is 0 Å². The third-order valence-corrected chi connectivity index (χ3v) is 2.39. The molecule has 8 heteroatoms. The molecule has 0 aliphatic heterocycles. The molecule has 1 heterocycles. The van der Waals surface area contributed by atoms with Gasteiger partial charge in [0, 0.05) is 19.8 Å². The lowest BCUT2D eigenvalue weighted by Crippen LogP contribution is -2.10. The average Bonchev–Trinajstić information content (AvgIpc) is 2.37. The van der Waals surface area contributed by atoms with Gasteiger partial charge in [0.2, 0.25) is 11.8 Å². The van der Waals surface area contributed by atoms with Crippen molar-refractivity contribution in [3.05, 3.63) is 16.3 Å². The standard InChI is InChI=1S/C11H19N5O3/c1-2-3-6-19-7-4-5-13-11-14-8-9(16(17)18)10(12)15-11/h8H,2-7H2,1H3,(H3,12,13,14,15). The van der Waals surface area contributed by atoms with Crippen molar-refractivity contribution in [2.75, 3.05) is 30.8 Å². The van der Waals surface area contributed by atoms with Crippen LogP contribution in [0.1, 0.15) is 26.2 Å². The van der Waals surface area contributed by atoms with Crippen LogP contribution in [0.15, 0.2) is 6.20 Å². The number of nitrogen functional groups attached to an aromatic ring is 1. The molecule has 0 saturated carbocycles. The number of nitrogens with one attached hydrogen (secondary N) is 1. The lowest BCUT2D eigenvalue weighted by atomic mass is 10.4. The second-order valence-electron chi connectivity index (χ2n) is 3.97. The average molecular weight is 269 g/mol. The van der Waals surface area contributed by atoms with Crippen LogP contribution in [-0.2, 0) is 4.74 Å². The van der Waals surface area contributed by atoms with Crippen molar-refractivity contribution in [3.63, 3.8) is 0 Å². The molecule has 0 radical (unpaired) electrons. The number of aromatic nitrogens is 2. The van der Waals surface area contributed by atoms with E-state index in [0.29, 0.717) is 13.2 Å². The second kappa shape index (κ2) is 8.20. The summed E-state index contributed by atoms with van der Waals surface area (Å²) in [4.78, 5) is 17.6. The van der Waals surface area contributed by atoms with Crippen LogP contribution < -0.4 is 11.1 Å². The summed E-state index contributed by atoms with van der Waals surface area (Å²) >= 11 is 0.